The molecule has 108 heavy (non-hydrogen) atoms. The summed E-state index contributed by atoms with van der Waals surface area (Å²) in [6, 6.07) is 0. The normalized spacial score (nSPS) is 14.3. The fraction of sp³-hybridized carbons (Fsp3) is 0.955. The molecule has 19 heteroatoms. The molecule has 0 aromatic rings. The van der Waals surface area contributed by atoms with Gasteiger partial charge in [0.25, 0.3) is 0 Å². The Kier molecular flexibility index (Phi) is 77.5. The number of rotatable bonds is 87. The van der Waals surface area contributed by atoms with Gasteiger partial charge in [-0.2, -0.15) is 0 Å². The lowest BCUT2D eigenvalue weighted by Crippen LogP contribution is -2.30. The molecule has 0 radical (unpaired) electrons. The molecule has 0 aliphatic carbocycles. The van der Waals surface area contributed by atoms with Crippen LogP contribution in [-0.4, -0.2) is 96.7 Å². The molecule has 3 N–H and O–H groups in total. The van der Waals surface area contributed by atoms with Gasteiger partial charge in [0.15, 0.2) is 12.2 Å². The van der Waals surface area contributed by atoms with Crippen LogP contribution in [0.15, 0.2) is 0 Å². The maximum absolute atomic E-state index is 13.2. The number of ether oxygens (including phenoxy) is 4. The lowest BCUT2D eigenvalue weighted by molar-refractivity contribution is -0.161. The molecule has 17 nitrogen and oxygen atoms in total. The van der Waals surface area contributed by atoms with Crippen molar-refractivity contribution in [2.75, 3.05) is 39.6 Å². The first-order chi connectivity index (χ1) is 52.3. The Morgan fingerprint density at radius 2 is 0.472 bits per heavy atom. The molecule has 0 fully saturated rings. The van der Waals surface area contributed by atoms with Crippen molar-refractivity contribution in [3.63, 3.8) is 0 Å². The van der Waals surface area contributed by atoms with Crippen molar-refractivity contribution in [2.45, 2.75) is 491 Å². The molecule has 0 amide bonds. The largest absolute Gasteiger partial charge is 0.472 e. The van der Waals surface area contributed by atoms with Gasteiger partial charge in [-0.1, -0.05) is 421 Å². The fourth-order valence-corrected chi connectivity index (χ4v) is 15.4. The lowest BCUT2D eigenvalue weighted by atomic mass is 9.99. The molecule has 0 aliphatic rings. The lowest BCUT2D eigenvalue weighted by Gasteiger charge is -2.21. The molecule has 0 saturated heterocycles. The first-order valence-corrected chi connectivity index (χ1v) is 48.9. The highest BCUT2D eigenvalue weighted by molar-refractivity contribution is 7.47. The summed E-state index contributed by atoms with van der Waals surface area (Å²) in [6.07, 6.45) is 70.7. The molecule has 4 unspecified atom stereocenters. The number of esters is 4. The molecule has 0 bridgehead atoms. The van der Waals surface area contributed by atoms with E-state index in [1.807, 2.05) is 0 Å². The van der Waals surface area contributed by atoms with Gasteiger partial charge in [0.2, 0.25) is 0 Å². The van der Waals surface area contributed by atoms with Crippen LogP contribution >= 0.6 is 15.6 Å². The Labute approximate surface area is 664 Å². The van der Waals surface area contributed by atoms with Crippen LogP contribution in [0.3, 0.4) is 0 Å². The van der Waals surface area contributed by atoms with Crippen molar-refractivity contribution in [1.29, 1.82) is 0 Å². The molecule has 0 rings (SSSR count). The van der Waals surface area contributed by atoms with E-state index >= 15 is 0 Å². The molecule has 0 aliphatic heterocycles. The van der Waals surface area contributed by atoms with E-state index < -0.39 is 97.5 Å². The zero-order valence-corrected chi connectivity index (χ0v) is 73.1. The summed E-state index contributed by atoms with van der Waals surface area (Å²) in [5.74, 6) is 0.361. The predicted molar refractivity (Wildman–Crippen MR) is 446 cm³/mol. The second-order valence-electron chi connectivity index (χ2n) is 32.9. The van der Waals surface area contributed by atoms with E-state index in [9.17, 15) is 43.2 Å². The molecule has 0 aromatic carbocycles. The SMILES string of the molecule is CCCCCCCCCCCCCCCCCC(=O)O[C@H](COC(=O)CCCCCCCCCCC(C)CC)COP(=O)(O)OC[C@H](O)COP(=O)(O)OC[C@@H](COC(=O)CCCCCCCCCCCCCCCCCCC(C)C)OC(=O)CCCCCCCCCCCCCCCCCCCCC(C)CC. The van der Waals surface area contributed by atoms with Gasteiger partial charge < -0.3 is 33.8 Å². The van der Waals surface area contributed by atoms with Gasteiger partial charge in [-0.25, -0.2) is 9.13 Å². The third-order valence-corrected chi connectivity index (χ3v) is 23.5. The second kappa shape index (κ2) is 78.9. The average Bonchev–Trinajstić information content (AvgIpc) is 0.927. The highest BCUT2D eigenvalue weighted by Crippen LogP contribution is 2.45. The number of phosphoric acid groups is 2. The number of carbonyl (C=O) groups excluding carboxylic acids is 4. The molecule has 0 heterocycles. The summed E-state index contributed by atoms with van der Waals surface area (Å²) in [5.41, 5.74) is 0. The summed E-state index contributed by atoms with van der Waals surface area (Å²) in [6.45, 7) is 12.1. The monoisotopic (exact) mass is 1580 g/mol. The van der Waals surface area contributed by atoms with Gasteiger partial charge in [-0.15, -0.1) is 0 Å². The molecule has 0 saturated carbocycles. The van der Waals surface area contributed by atoms with Gasteiger partial charge in [-0.05, 0) is 43.4 Å². The van der Waals surface area contributed by atoms with Crippen LogP contribution in [0.5, 0.6) is 0 Å². The molecule has 0 aromatic heterocycles. The first kappa shape index (κ1) is 106. The minimum atomic E-state index is -4.97. The van der Waals surface area contributed by atoms with Crippen LogP contribution in [0.4, 0.5) is 0 Å². The summed E-state index contributed by atoms with van der Waals surface area (Å²) in [4.78, 5) is 73.4. The Bertz CT molecular complexity index is 2080. The molecule has 0 spiro atoms. The van der Waals surface area contributed by atoms with Crippen LogP contribution < -0.4 is 0 Å². The van der Waals surface area contributed by atoms with E-state index in [-0.39, 0.29) is 25.7 Å². The van der Waals surface area contributed by atoms with Crippen molar-refractivity contribution < 1.29 is 80.2 Å². The van der Waals surface area contributed by atoms with Crippen molar-refractivity contribution in [2.24, 2.45) is 17.8 Å². The molecule has 7 atom stereocenters. The summed E-state index contributed by atoms with van der Waals surface area (Å²) in [5, 5.41) is 10.7. The van der Waals surface area contributed by atoms with E-state index in [2.05, 4.69) is 48.5 Å². The van der Waals surface area contributed by atoms with Crippen molar-refractivity contribution in [3.05, 3.63) is 0 Å². The third-order valence-electron chi connectivity index (χ3n) is 21.6. The van der Waals surface area contributed by atoms with E-state index in [1.54, 1.807) is 0 Å². The zero-order valence-electron chi connectivity index (χ0n) is 71.3. The molecule has 642 valence electrons. The van der Waals surface area contributed by atoms with E-state index in [4.69, 9.17) is 37.0 Å². The average molecular weight is 1580 g/mol. The van der Waals surface area contributed by atoms with Crippen LogP contribution in [0.2, 0.25) is 0 Å². The van der Waals surface area contributed by atoms with Crippen LogP contribution in [-0.2, 0) is 65.4 Å². The smallest absolute Gasteiger partial charge is 0.462 e. The summed E-state index contributed by atoms with van der Waals surface area (Å²) in [7, 11) is -9.93. The summed E-state index contributed by atoms with van der Waals surface area (Å²) < 4.78 is 69.0. The number of aliphatic hydroxyl groups excluding tert-OH is 1. The van der Waals surface area contributed by atoms with Crippen molar-refractivity contribution >= 4 is 39.5 Å². The van der Waals surface area contributed by atoms with Gasteiger partial charge in [-0.3, -0.25) is 37.3 Å². The number of hydrogen-bond donors (Lipinski definition) is 3. The van der Waals surface area contributed by atoms with E-state index in [0.29, 0.717) is 25.7 Å². The highest BCUT2D eigenvalue weighted by Gasteiger charge is 2.31. The second-order valence-corrected chi connectivity index (χ2v) is 35.9. The van der Waals surface area contributed by atoms with Crippen molar-refractivity contribution in [1.82, 2.24) is 0 Å². The number of phosphoric ester groups is 2. The molecular formula is C89H174O17P2. The Hall–Kier alpha value is -1.94. The Balaban J connectivity index is 5.25. The topological polar surface area (TPSA) is 237 Å². The third kappa shape index (κ3) is 79.3. The summed E-state index contributed by atoms with van der Waals surface area (Å²) >= 11 is 0. The van der Waals surface area contributed by atoms with Crippen LogP contribution in [0, 0.1) is 17.8 Å². The van der Waals surface area contributed by atoms with E-state index in [0.717, 1.165) is 108 Å². The maximum atomic E-state index is 13.2. The first-order valence-electron chi connectivity index (χ1n) is 45.9. The highest BCUT2D eigenvalue weighted by atomic mass is 31.2. The Morgan fingerprint density at radius 1 is 0.269 bits per heavy atom. The van der Waals surface area contributed by atoms with E-state index in [1.165, 1.54) is 283 Å². The van der Waals surface area contributed by atoms with Crippen LogP contribution in [0.1, 0.15) is 472 Å². The Morgan fingerprint density at radius 3 is 0.704 bits per heavy atom. The van der Waals surface area contributed by atoms with Gasteiger partial charge in [0.1, 0.15) is 19.3 Å². The minimum absolute atomic E-state index is 0.108. The predicted octanol–water partition coefficient (Wildman–Crippen LogP) is 27.3. The number of aliphatic hydroxyl groups is 1. The van der Waals surface area contributed by atoms with Gasteiger partial charge in [0, 0.05) is 25.7 Å². The number of hydrogen-bond acceptors (Lipinski definition) is 15. The number of unbranched alkanes of at least 4 members (excludes halogenated alkanes) is 53. The maximum Gasteiger partial charge on any atom is 0.472 e. The quantitative estimate of drug-likeness (QED) is 0.0222. The van der Waals surface area contributed by atoms with Crippen molar-refractivity contribution in [3.8, 4) is 0 Å². The zero-order chi connectivity index (χ0) is 79.3. The standard InChI is InChI=1S/C89H174O17P2/c1-8-11-12-13-14-15-16-17-24-32-37-42-51-58-65-72-89(94)106-85(77-100-87(92)71-64-57-50-45-44-48-55-62-69-82(7)10-3)79-104-108(97,98)102-75-83(90)74-101-107(95,96)103-78-84(76-99-86(91)70-63-56-49-41-36-31-27-23-22-25-29-34-39-46-53-60-67-80(4)5)105-88(93)73-66-59-52-43-38-33-28-21-19-18-20-26-30-35-40-47-54-61-68-81(6)9-2/h80-85,90H,8-79H2,1-7H3,(H,95,96)(H,97,98)/t81?,82?,83-,84-,85-/m1/s1. The van der Waals surface area contributed by atoms with Gasteiger partial charge in [0.05, 0.1) is 26.4 Å². The number of carbonyl (C=O) groups is 4. The van der Waals surface area contributed by atoms with Gasteiger partial charge >= 0.3 is 39.5 Å². The van der Waals surface area contributed by atoms with Crippen LogP contribution in [0.25, 0.3) is 0 Å². The molecular weight excluding hydrogens is 1400 g/mol. The minimum Gasteiger partial charge on any atom is -0.462 e. The fourth-order valence-electron chi connectivity index (χ4n) is 13.8.